The molecule has 0 spiro atoms. The van der Waals surface area contributed by atoms with Crippen molar-refractivity contribution in [1.29, 1.82) is 0 Å². The Morgan fingerprint density at radius 1 is 1.00 bits per heavy atom. The fraction of sp³-hybridized carbons (Fsp3) is 0.263. The molecule has 1 N–H and O–H groups in total. The van der Waals surface area contributed by atoms with Crippen LogP contribution in [0.3, 0.4) is 0 Å². The van der Waals surface area contributed by atoms with Crippen LogP contribution in [0, 0.1) is 13.8 Å². The van der Waals surface area contributed by atoms with Gasteiger partial charge in [-0.25, -0.2) is 0 Å². The van der Waals surface area contributed by atoms with Crippen LogP contribution in [0.4, 0.5) is 0 Å². The number of nitrogens with zero attached hydrogens (tertiary/aromatic N) is 1. The molecule has 0 saturated carbocycles. The van der Waals surface area contributed by atoms with E-state index in [9.17, 15) is 5.21 Å². The van der Waals surface area contributed by atoms with Crippen LogP contribution in [-0.2, 0) is 0 Å². The average molecular weight is 279 g/mol. The molecule has 2 aromatic rings. The predicted molar refractivity (Wildman–Crippen MR) is 86.2 cm³/mol. The number of aryl methyl sites for hydroxylation is 2. The lowest BCUT2D eigenvalue weighted by Crippen LogP contribution is -2.28. The number of rotatable bonds is 2. The number of hydrogen-bond acceptors (Lipinski definition) is 2. The molecule has 2 nitrogen and oxygen atoms in total. The third-order valence-corrected chi connectivity index (χ3v) is 4.02. The molecule has 1 heterocycles. The summed E-state index contributed by atoms with van der Waals surface area (Å²) < 4.78 is 0. The summed E-state index contributed by atoms with van der Waals surface area (Å²) in [6, 6.07) is 16.8. The highest BCUT2D eigenvalue weighted by atomic mass is 16.5. The molecule has 2 aromatic carbocycles. The van der Waals surface area contributed by atoms with Crippen molar-refractivity contribution in [2.24, 2.45) is 0 Å². The Hall–Kier alpha value is -1.90. The lowest BCUT2D eigenvalue weighted by molar-refractivity contribution is -0.116. The topological polar surface area (TPSA) is 23.5 Å². The van der Waals surface area contributed by atoms with Gasteiger partial charge in [0.1, 0.15) is 0 Å². The van der Waals surface area contributed by atoms with Crippen molar-refractivity contribution in [2.45, 2.75) is 26.3 Å². The van der Waals surface area contributed by atoms with Crippen LogP contribution in [0.2, 0.25) is 0 Å². The van der Waals surface area contributed by atoms with Gasteiger partial charge in [0.2, 0.25) is 0 Å². The van der Waals surface area contributed by atoms with Gasteiger partial charge in [0, 0.05) is 6.54 Å². The fourth-order valence-corrected chi connectivity index (χ4v) is 3.08. The normalized spacial score (nSPS) is 19.4. The van der Waals surface area contributed by atoms with Crippen molar-refractivity contribution < 1.29 is 5.21 Å². The summed E-state index contributed by atoms with van der Waals surface area (Å²) in [5.41, 5.74) is 6.19. The summed E-state index contributed by atoms with van der Waals surface area (Å²) in [7, 11) is 0. The minimum absolute atomic E-state index is 0.0624. The van der Waals surface area contributed by atoms with E-state index < -0.39 is 0 Å². The van der Waals surface area contributed by atoms with Crippen LogP contribution in [0.15, 0.2) is 54.6 Å². The van der Waals surface area contributed by atoms with Crippen LogP contribution < -0.4 is 0 Å². The van der Waals surface area contributed by atoms with Crippen molar-refractivity contribution in [1.82, 2.24) is 5.06 Å². The Labute approximate surface area is 126 Å². The minimum atomic E-state index is -0.0624. The Morgan fingerprint density at radius 2 is 1.67 bits per heavy atom. The summed E-state index contributed by atoms with van der Waals surface area (Å²) in [5, 5.41) is 11.7. The molecule has 0 unspecified atom stereocenters. The van der Waals surface area contributed by atoms with Crippen molar-refractivity contribution in [3.05, 3.63) is 76.9 Å². The van der Waals surface area contributed by atoms with Gasteiger partial charge in [-0.15, -0.1) is 0 Å². The monoisotopic (exact) mass is 279 g/mol. The molecule has 21 heavy (non-hydrogen) atoms. The first-order valence-electron chi connectivity index (χ1n) is 7.43. The van der Waals surface area contributed by atoms with E-state index in [4.69, 9.17) is 0 Å². The Morgan fingerprint density at radius 3 is 2.33 bits per heavy atom. The summed E-state index contributed by atoms with van der Waals surface area (Å²) in [6.45, 7) is 4.87. The maximum absolute atomic E-state index is 10.3. The minimum Gasteiger partial charge on any atom is -0.313 e. The highest BCUT2D eigenvalue weighted by molar-refractivity contribution is 5.67. The van der Waals surface area contributed by atoms with Crippen LogP contribution in [0.1, 0.15) is 34.7 Å². The molecule has 0 saturated heterocycles. The van der Waals surface area contributed by atoms with Crippen molar-refractivity contribution >= 4 is 5.57 Å². The molecular weight excluding hydrogens is 258 g/mol. The zero-order valence-corrected chi connectivity index (χ0v) is 12.6. The van der Waals surface area contributed by atoms with Gasteiger partial charge >= 0.3 is 0 Å². The van der Waals surface area contributed by atoms with Gasteiger partial charge in [-0.2, -0.15) is 5.06 Å². The zero-order chi connectivity index (χ0) is 14.8. The van der Waals surface area contributed by atoms with Gasteiger partial charge < -0.3 is 5.21 Å². The van der Waals surface area contributed by atoms with E-state index in [1.807, 2.05) is 6.07 Å². The molecule has 0 fully saturated rings. The van der Waals surface area contributed by atoms with Crippen LogP contribution in [0.25, 0.3) is 5.57 Å². The molecule has 3 rings (SSSR count). The molecule has 0 radical (unpaired) electrons. The third kappa shape index (κ3) is 3.07. The van der Waals surface area contributed by atoms with Gasteiger partial charge in [-0.1, -0.05) is 65.7 Å². The molecule has 0 amide bonds. The highest BCUT2D eigenvalue weighted by Gasteiger charge is 2.23. The second-order valence-corrected chi connectivity index (χ2v) is 5.84. The van der Waals surface area contributed by atoms with Crippen molar-refractivity contribution in [3.8, 4) is 0 Å². The molecular formula is C19H21NO. The van der Waals surface area contributed by atoms with E-state index in [1.165, 1.54) is 27.3 Å². The average Bonchev–Trinajstić information content (AvgIpc) is 2.47. The molecule has 1 aliphatic rings. The number of benzene rings is 2. The van der Waals surface area contributed by atoms with E-state index in [1.54, 1.807) is 0 Å². The first-order chi connectivity index (χ1) is 10.1. The quantitative estimate of drug-likeness (QED) is 0.873. The molecule has 0 bridgehead atoms. The Kier molecular flexibility index (Phi) is 3.91. The van der Waals surface area contributed by atoms with Crippen LogP contribution in [0.5, 0.6) is 0 Å². The van der Waals surface area contributed by atoms with E-state index in [-0.39, 0.29) is 6.04 Å². The Bertz CT molecular complexity index is 640. The zero-order valence-electron chi connectivity index (χ0n) is 12.6. The lowest BCUT2D eigenvalue weighted by atomic mass is 9.92. The van der Waals surface area contributed by atoms with Crippen LogP contribution in [-0.4, -0.2) is 16.8 Å². The fourth-order valence-electron chi connectivity index (χ4n) is 3.08. The van der Waals surface area contributed by atoms with E-state index >= 15 is 0 Å². The van der Waals surface area contributed by atoms with E-state index in [0.717, 1.165) is 12.0 Å². The summed E-state index contributed by atoms with van der Waals surface area (Å²) in [5.74, 6) is 0. The maximum Gasteiger partial charge on any atom is 0.0786 e. The van der Waals surface area contributed by atoms with Crippen molar-refractivity contribution in [2.75, 3.05) is 6.54 Å². The van der Waals surface area contributed by atoms with Gasteiger partial charge in [0.25, 0.3) is 0 Å². The van der Waals surface area contributed by atoms with Gasteiger partial charge in [-0.05, 0) is 37.0 Å². The first kappa shape index (κ1) is 14.1. The maximum atomic E-state index is 10.3. The Balaban J connectivity index is 2.00. The van der Waals surface area contributed by atoms with E-state index in [2.05, 4.69) is 62.4 Å². The highest BCUT2D eigenvalue weighted by Crippen LogP contribution is 2.33. The standard InChI is InChI=1S/C19H21NO/c1-14-10-15(2)12-18(11-14)19-13-17(8-9-20(19)21)16-6-4-3-5-7-16/h3-7,10-13,19,21H,8-9H2,1-2H3/t19-/m1/s1. The lowest BCUT2D eigenvalue weighted by Gasteiger charge is -2.30. The third-order valence-electron chi connectivity index (χ3n) is 4.02. The van der Waals surface area contributed by atoms with Gasteiger partial charge in [0.05, 0.1) is 6.04 Å². The second-order valence-electron chi connectivity index (χ2n) is 5.84. The summed E-state index contributed by atoms with van der Waals surface area (Å²) >= 11 is 0. The van der Waals surface area contributed by atoms with E-state index in [0.29, 0.717) is 6.54 Å². The second kappa shape index (κ2) is 5.84. The largest absolute Gasteiger partial charge is 0.313 e. The van der Waals surface area contributed by atoms with Crippen molar-refractivity contribution in [3.63, 3.8) is 0 Å². The molecule has 0 aromatic heterocycles. The molecule has 1 aliphatic heterocycles. The van der Waals surface area contributed by atoms with Gasteiger partial charge in [0.15, 0.2) is 0 Å². The molecule has 2 heteroatoms. The predicted octanol–water partition coefficient (Wildman–Crippen LogP) is 4.52. The molecule has 108 valence electrons. The smallest absolute Gasteiger partial charge is 0.0786 e. The number of hydrogen-bond donors (Lipinski definition) is 1. The first-order valence-corrected chi connectivity index (χ1v) is 7.43. The summed E-state index contributed by atoms with van der Waals surface area (Å²) in [6.07, 6.45) is 3.06. The number of hydroxylamine groups is 2. The summed E-state index contributed by atoms with van der Waals surface area (Å²) in [4.78, 5) is 0. The SMILES string of the molecule is Cc1cc(C)cc([C@H]2C=C(c3ccccc3)CCN2O)c1. The van der Waals surface area contributed by atoms with Gasteiger partial charge in [-0.3, -0.25) is 0 Å². The van der Waals surface area contributed by atoms with Crippen LogP contribution >= 0.6 is 0 Å². The molecule has 0 aliphatic carbocycles. The molecule has 1 atom stereocenters.